The number of hydrogen-bond acceptors (Lipinski definition) is 4. The molecule has 5 heteroatoms. The molecule has 0 unspecified atom stereocenters. The molecule has 1 saturated heterocycles. The van der Waals surface area contributed by atoms with Gasteiger partial charge in [0, 0.05) is 45.5 Å². The van der Waals surface area contributed by atoms with E-state index in [2.05, 4.69) is 16.8 Å². The van der Waals surface area contributed by atoms with Crippen molar-refractivity contribution in [2.24, 2.45) is 5.73 Å². The number of rotatable bonds is 5. The van der Waals surface area contributed by atoms with Crippen molar-refractivity contribution >= 4 is 5.91 Å². The van der Waals surface area contributed by atoms with Gasteiger partial charge in [-0.15, -0.1) is 0 Å². The average Bonchev–Trinajstić information content (AvgIpc) is 2.40. The van der Waals surface area contributed by atoms with E-state index in [1.807, 2.05) is 32.2 Å². The summed E-state index contributed by atoms with van der Waals surface area (Å²) in [5.41, 5.74) is 6.38. The van der Waals surface area contributed by atoms with Gasteiger partial charge in [-0.05, 0) is 20.0 Å². The average molecular weight is 266 g/mol. The third-order valence-corrected chi connectivity index (χ3v) is 3.40. The molecule has 1 amide bonds. The monoisotopic (exact) mass is 266 g/mol. The van der Waals surface area contributed by atoms with Gasteiger partial charge < -0.3 is 15.5 Å². The summed E-state index contributed by atoms with van der Waals surface area (Å²) in [5.74, 6) is 0.160. The molecule has 2 N–H and O–H groups in total. The fourth-order valence-corrected chi connectivity index (χ4v) is 1.86. The van der Waals surface area contributed by atoms with Gasteiger partial charge in [-0.25, -0.2) is 0 Å². The maximum atomic E-state index is 12.0. The number of piperazine rings is 1. The molecule has 0 aromatic rings. The van der Waals surface area contributed by atoms with Crippen LogP contribution in [0.2, 0.25) is 0 Å². The van der Waals surface area contributed by atoms with Gasteiger partial charge in [0.2, 0.25) is 5.91 Å². The molecule has 1 rings (SSSR count). The summed E-state index contributed by atoms with van der Waals surface area (Å²) in [5, 5.41) is 0. The second-order valence-electron chi connectivity index (χ2n) is 5.04. The molecule has 0 spiro atoms. The second-order valence-corrected chi connectivity index (χ2v) is 5.04. The number of nitrogens with zero attached hydrogens (tertiary/aromatic N) is 3. The molecule has 1 fully saturated rings. The summed E-state index contributed by atoms with van der Waals surface area (Å²) >= 11 is 0. The standard InChI is InChI=1S/C14H26N4O/c1-4-13(15)6-5-7-17(3)14(19)12-18-10-8-16(2)9-11-18/h4-6H,7-12,15H2,1-3H3/b6-5-,13-4+. The van der Waals surface area contributed by atoms with Gasteiger partial charge in [0.05, 0.1) is 6.54 Å². The van der Waals surface area contributed by atoms with E-state index in [-0.39, 0.29) is 5.91 Å². The predicted molar refractivity (Wildman–Crippen MR) is 78.7 cm³/mol. The van der Waals surface area contributed by atoms with Crippen molar-refractivity contribution in [1.29, 1.82) is 0 Å². The molecule has 0 atom stereocenters. The van der Waals surface area contributed by atoms with Gasteiger partial charge in [-0.3, -0.25) is 9.69 Å². The van der Waals surface area contributed by atoms with E-state index in [0.717, 1.165) is 31.9 Å². The van der Waals surface area contributed by atoms with Crippen LogP contribution in [0.5, 0.6) is 0 Å². The molecule has 1 aliphatic heterocycles. The Kier molecular flexibility index (Phi) is 6.59. The first-order valence-electron chi connectivity index (χ1n) is 6.76. The summed E-state index contributed by atoms with van der Waals surface area (Å²) in [7, 11) is 3.94. The van der Waals surface area contributed by atoms with E-state index in [1.165, 1.54) is 0 Å². The first-order valence-corrected chi connectivity index (χ1v) is 6.76. The van der Waals surface area contributed by atoms with Gasteiger partial charge in [0.15, 0.2) is 0 Å². The van der Waals surface area contributed by atoms with Crippen LogP contribution in [0.25, 0.3) is 0 Å². The Hall–Kier alpha value is -1.33. The molecule has 1 aliphatic rings. The van der Waals surface area contributed by atoms with E-state index in [9.17, 15) is 4.79 Å². The minimum absolute atomic E-state index is 0.160. The molecule has 0 saturated carbocycles. The van der Waals surface area contributed by atoms with Crippen molar-refractivity contribution in [2.45, 2.75) is 6.92 Å². The highest BCUT2D eigenvalue weighted by Gasteiger charge is 2.17. The Morgan fingerprint density at radius 2 is 1.95 bits per heavy atom. The zero-order valence-corrected chi connectivity index (χ0v) is 12.3. The van der Waals surface area contributed by atoms with Gasteiger partial charge in [-0.1, -0.05) is 12.2 Å². The van der Waals surface area contributed by atoms with E-state index >= 15 is 0 Å². The molecule has 0 aromatic heterocycles. The molecule has 1 heterocycles. The first-order chi connectivity index (χ1) is 9.02. The van der Waals surface area contributed by atoms with Crippen LogP contribution in [0, 0.1) is 0 Å². The van der Waals surface area contributed by atoms with Crippen molar-refractivity contribution in [1.82, 2.24) is 14.7 Å². The first kappa shape index (κ1) is 15.7. The van der Waals surface area contributed by atoms with Crippen LogP contribution in [0.4, 0.5) is 0 Å². The Balaban J connectivity index is 2.30. The fraction of sp³-hybridized carbons (Fsp3) is 0.643. The third-order valence-electron chi connectivity index (χ3n) is 3.40. The highest BCUT2D eigenvalue weighted by molar-refractivity contribution is 5.78. The lowest BCUT2D eigenvalue weighted by molar-refractivity contribution is -0.131. The molecule has 19 heavy (non-hydrogen) atoms. The van der Waals surface area contributed by atoms with E-state index < -0.39 is 0 Å². The molecule has 108 valence electrons. The zero-order valence-electron chi connectivity index (χ0n) is 12.3. The van der Waals surface area contributed by atoms with Crippen LogP contribution < -0.4 is 5.73 Å². The smallest absolute Gasteiger partial charge is 0.236 e. The molecule has 5 nitrogen and oxygen atoms in total. The number of hydrogen-bond donors (Lipinski definition) is 1. The van der Waals surface area contributed by atoms with Crippen molar-refractivity contribution < 1.29 is 4.79 Å². The molecular formula is C14H26N4O. The number of carbonyl (C=O) groups is 1. The fourth-order valence-electron chi connectivity index (χ4n) is 1.86. The van der Waals surface area contributed by atoms with Crippen molar-refractivity contribution in [2.75, 3.05) is 53.4 Å². The Morgan fingerprint density at radius 1 is 1.32 bits per heavy atom. The summed E-state index contributed by atoms with van der Waals surface area (Å²) in [6.45, 7) is 7.01. The van der Waals surface area contributed by atoms with Crippen LogP contribution in [0.3, 0.4) is 0 Å². The second kappa shape index (κ2) is 7.96. The highest BCUT2D eigenvalue weighted by atomic mass is 16.2. The van der Waals surface area contributed by atoms with Gasteiger partial charge >= 0.3 is 0 Å². The molecule has 0 aromatic carbocycles. The number of likely N-dealkylation sites (N-methyl/N-ethyl adjacent to an activating group) is 2. The highest BCUT2D eigenvalue weighted by Crippen LogP contribution is 2.00. The van der Waals surface area contributed by atoms with Crippen LogP contribution in [-0.2, 0) is 4.79 Å². The van der Waals surface area contributed by atoms with Gasteiger partial charge in [0.1, 0.15) is 0 Å². The Labute approximate surface area is 116 Å². The predicted octanol–water partition coefficient (Wildman–Crippen LogP) is 0.111. The van der Waals surface area contributed by atoms with E-state index in [4.69, 9.17) is 5.73 Å². The molecule has 0 radical (unpaired) electrons. The summed E-state index contributed by atoms with van der Waals surface area (Å²) in [6.07, 6.45) is 5.58. The van der Waals surface area contributed by atoms with Crippen molar-refractivity contribution in [3.8, 4) is 0 Å². The third kappa shape index (κ3) is 5.89. The van der Waals surface area contributed by atoms with Crippen LogP contribution in [0.15, 0.2) is 23.9 Å². The van der Waals surface area contributed by atoms with E-state index in [0.29, 0.717) is 13.1 Å². The number of carbonyl (C=O) groups excluding carboxylic acids is 1. The van der Waals surface area contributed by atoms with Crippen LogP contribution in [0.1, 0.15) is 6.92 Å². The largest absolute Gasteiger partial charge is 0.399 e. The lowest BCUT2D eigenvalue weighted by Gasteiger charge is -2.32. The molecular weight excluding hydrogens is 240 g/mol. The number of nitrogens with two attached hydrogens (primary N) is 1. The Bertz CT molecular complexity index is 343. The van der Waals surface area contributed by atoms with Crippen LogP contribution in [-0.4, -0.2) is 74.0 Å². The van der Waals surface area contributed by atoms with E-state index in [1.54, 1.807) is 4.90 Å². The number of amides is 1. The Morgan fingerprint density at radius 3 is 2.53 bits per heavy atom. The SMILES string of the molecule is C/C=C(N)\C=C/CN(C)C(=O)CN1CCN(C)CC1. The zero-order chi connectivity index (χ0) is 14.3. The minimum Gasteiger partial charge on any atom is -0.399 e. The normalized spacial score (nSPS) is 19.0. The van der Waals surface area contributed by atoms with Crippen molar-refractivity contribution in [3.05, 3.63) is 23.9 Å². The van der Waals surface area contributed by atoms with Crippen molar-refractivity contribution in [3.63, 3.8) is 0 Å². The minimum atomic E-state index is 0.160. The van der Waals surface area contributed by atoms with Gasteiger partial charge in [-0.2, -0.15) is 0 Å². The maximum Gasteiger partial charge on any atom is 0.236 e. The quantitative estimate of drug-likeness (QED) is 0.718. The lowest BCUT2D eigenvalue weighted by atomic mass is 10.3. The molecule has 0 aliphatic carbocycles. The van der Waals surface area contributed by atoms with Crippen LogP contribution >= 0.6 is 0 Å². The van der Waals surface area contributed by atoms with Gasteiger partial charge in [0.25, 0.3) is 0 Å². The topological polar surface area (TPSA) is 52.8 Å². The summed E-state index contributed by atoms with van der Waals surface area (Å²) in [4.78, 5) is 18.3. The lowest BCUT2D eigenvalue weighted by Crippen LogP contribution is -2.48. The summed E-state index contributed by atoms with van der Waals surface area (Å²) in [6, 6.07) is 0. The molecule has 0 bridgehead atoms. The summed E-state index contributed by atoms with van der Waals surface area (Å²) < 4.78 is 0. The number of allylic oxidation sites excluding steroid dienone is 2. The maximum absolute atomic E-state index is 12.0.